The predicted octanol–water partition coefficient (Wildman–Crippen LogP) is 5.17. The fourth-order valence-corrected chi connectivity index (χ4v) is 3.34. The molecule has 0 saturated heterocycles. The molecule has 3 rings (SSSR count). The molecule has 0 aliphatic carbocycles. The van der Waals surface area contributed by atoms with Crippen LogP contribution in [0.25, 0.3) is 0 Å². The molecule has 0 spiro atoms. The smallest absolute Gasteiger partial charge is 0.225 e. The van der Waals surface area contributed by atoms with E-state index in [2.05, 4.69) is 5.16 Å². The molecule has 0 saturated carbocycles. The summed E-state index contributed by atoms with van der Waals surface area (Å²) in [5, 5.41) is 5.55. The Balaban J connectivity index is 1.69. The van der Waals surface area contributed by atoms with Gasteiger partial charge in [0.05, 0.1) is 12.3 Å². The standard InChI is InChI=1S/C21H22Cl2N2O2/c1-14(2)21(26)25(12-16-5-3-4-6-19(16)23)13-18-11-20(24-27-18)15-7-9-17(22)10-8-15/h3-10,14,18H,11-13H2,1-2H3/t18-/m1/s1. The lowest BCUT2D eigenvalue weighted by molar-refractivity contribution is -0.136. The topological polar surface area (TPSA) is 41.9 Å². The maximum atomic E-state index is 12.7. The van der Waals surface area contributed by atoms with Crippen LogP contribution in [0.4, 0.5) is 0 Å². The largest absolute Gasteiger partial charge is 0.390 e. The summed E-state index contributed by atoms with van der Waals surface area (Å²) in [4.78, 5) is 20.1. The van der Waals surface area contributed by atoms with Crippen molar-refractivity contribution in [3.63, 3.8) is 0 Å². The third-order valence-electron chi connectivity index (χ3n) is 4.46. The van der Waals surface area contributed by atoms with E-state index in [0.29, 0.717) is 29.6 Å². The summed E-state index contributed by atoms with van der Waals surface area (Å²) < 4.78 is 0. The van der Waals surface area contributed by atoms with E-state index in [4.69, 9.17) is 28.0 Å². The van der Waals surface area contributed by atoms with Crippen molar-refractivity contribution in [2.24, 2.45) is 11.1 Å². The number of amides is 1. The fourth-order valence-electron chi connectivity index (χ4n) is 3.01. The summed E-state index contributed by atoms with van der Waals surface area (Å²) in [6.07, 6.45) is 0.465. The predicted molar refractivity (Wildman–Crippen MR) is 109 cm³/mol. The van der Waals surface area contributed by atoms with Crippen LogP contribution >= 0.6 is 23.2 Å². The van der Waals surface area contributed by atoms with Gasteiger partial charge in [-0.05, 0) is 29.3 Å². The Bertz CT molecular complexity index is 834. The van der Waals surface area contributed by atoms with Crippen molar-refractivity contribution in [1.29, 1.82) is 0 Å². The molecule has 142 valence electrons. The SMILES string of the molecule is CC(C)C(=O)N(Cc1ccccc1Cl)C[C@H]1CC(c2ccc(Cl)cc2)=NO1. The average molecular weight is 405 g/mol. The van der Waals surface area contributed by atoms with E-state index >= 15 is 0 Å². The van der Waals surface area contributed by atoms with Gasteiger partial charge in [0.25, 0.3) is 0 Å². The Kier molecular flexibility index (Phi) is 6.40. The number of carbonyl (C=O) groups excluding carboxylic acids is 1. The van der Waals surface area contributed by atoms with Gasteiger partial charge in [0.15, 0.2) is 6.10 Å². The fraction of sp³-hybridized carbons (Fsp3) is 0.333. The monoisotopic (exact) mass is 404 g/mol. The maximum absolute atomic E-state index is 12.7. The van der Waals surface area contributed by atoms with E-state index in [1.54, 1.807) is 4.90 Å². The lowest BCUT2D eigenvalue weighted by Gasteiger charge is -2.27. The van der Waals surface area contributed by atoms with Crippen molar-refractivity contribution in [3.8, 4) is 0 Å². The van der Waals surface area contributed by atoms with E-state index in [-0.39, 0.29) is 17.9 Å². The second-order valence-corrected chi connectivity index (χ2v) is 7.78. The molecule has 1 aliphatic rings. The molecule has 0 aromatic heterocycles. The minimum absolute atomic E-state index is 0.0680. The van der Waals surface area contributed by atoms with Crippen LogP contribution in [0.3, 0.4) is 0 Å². The third kappa shape index (κ3) is 5.02. The molecule has 0 unspecified atom stereocenters. The lowest BCUT2D eigenvalue weighted by atomic mass is 10.0. The maximum Gasteiger partial charge on any atom is 0.225 e. The average Bonchev–Trinajstić information content (AvgIpc) is 3.11. The Morgan fingerprint density at radius 1 is 1.19 bits per heavy atom. The second kappa shape index (κ2) is 8.77. The van der Waals surface area contributed by atoms with Crippen LogP contribution in [-0.2, 0) is 16.2 Å². The van der Waals surface area contributed by atoms with Gasteiger partial charge in [-0.2, -0.15) is 0 Å². The molecule has 1 heterocycles. The first kappa shape index (κ1) is 19.7. The summed E-state index contributed by atoms with van der Waals surface area (Å²) >= 11 is 12.2. The second-order valence-electron chi connectivity index (χ2n) is 6.94. The van der Waals surface area contributed by atoms with Crippen LogP contribution in [0.1, 0.15) is 31.4 Å². The van der Waals surface area contributed by atoms with Gasteiger partial charge in [-0.1, -0.05) is 72.5 Å². The summed E-state index contributed by atoms with van der Waals surface area (Å²) in [5.74, 6) is -0.0380. The van der Waals surface area contributed by atoms with Crippen molar-refractivity contribution in [2.75, 3.05) is 6.54 Å². The number of halogens is 2. The van der Waals surface area contributed by atoms with Crippen LogP contribution in [0.15, 0.2) is 53.7 Å². The number of hydrogen-bond acceptors (Lipinski definition) is 3. The van der Waals surface area contributed by atoms with Crippen LogP contribution in [0, 0.1) is 5.92 Å². The number of hydrogen-bond donors (Lipinski definition) is 0. The van der Waals surface area contributed by atoms with E-state index < -0.39 is 0 Å². The summed E-state index contributed by atoms with van der Waals surface area (Å²) in [5.41, 5.74) is 2.77. The molecule has 4 nitrogen and oxygen atoms in total. The van der Waals surface area contributed by atoms with Gasteiger partial charge in [-0.25, -0.2) is 0 Å². The van der Waals surface area contributed by atoms with Gasteiger partial charge in [0.1, 0.15) is 0 Å². The van der Waals surface area contributed by atoms with Gasteiger partial charge < -0.3 is 9.74 Å². The molecule has 0 bridgehead atoms. The Morgan fingerprint density at radius 3 is 2.56 bits per heavy atom. The minimum atomic E-state index is -0.180. The highest BCUT2D eigenvalue weighted by Crippen LogP contribution is 2.22. The number of nitrogens with zero attached hydrogens (tertiary/aromatic N) is 2. The molecule has 1 atom stereocenters. The van der Waals surface area contributed by atoms with Crippen molar-refractivity contribution in [1.82, 2.24) is 4.90 Å². The number of benzene rings is 2. The quantitative estimate of drug-likeness (QED) is 0.665. The van der Waals surface area contributed by atoms with Gasteiger partial charge in [-0.3, -0.25) is 4.79 Å². The molecule has 27 heavy (non-hydrogen) atoms. The molecule has 0 radical (unpaired) electrons. The van der Waals surface area contributed by atoms with Crippen LogP contribution in [0.5, 0.6) is 0 Å². The number of rotatable bonds is 6. The zero-order valence-electron chi connectivity index (χ0n) is 15.4. The van der Waals surface area contributed by atoms with Crippen LogP contribution in [0.2, 0.25) is 10.0 Å². The molecule has 0 fully saturated rings. The zero-order chi connectivity index (χ0) is 19.4. The Hall–Kier alpha value is -2.04. The summed E-state index contributed by atoms with van der Waals surface area (Å²) in [7, 11) is 0. The highest BCUT2D eigenvalue weighted by molar-refractivity contribution is 6.31. The molecule has 0 N–H and O–H groups in total. The first-order valence-corrected chi connectivity index (χ1v) is 9.70. The molecule has 2 aromatic rings. The Labute approximate surface area is 169 Å². The first-order valence-electron chi connectivity index (χ1n) is 8.95. The molecule has 2 aromatic carbocycles. The normalized spacial score (nSPS) is 16.2. The number of oxime groups is 1. The highest BCUT2D eigenvalue weighted by atomic mass is 35.5. The van der Waals surface area contributed by atoms with Gasteiger partial charge >= 0.3 is 0 Å². The van der Waals surface area contributed by atoms with E-state index in [1.807, 2.05) is 62.4 Å². The molecule has 1 amide bonds. The lowest BCUT2D eigenvalue weighted by Crippen LogP contribution is -2.39. The van der Waals surface area contributed by atoms with Crippen molar-refractivity contribution < 1.29 is 9.63 Å². The number of carbonyl (C=O) groups is 1. The van der Waals surface area contributed by atoms with Gasteiger partial charge in [-0.15, -0.1) is 0 Å². The van der Waals surface area contributed by atoms with E-state index in [1.165, 1.54) is 0 Å². The first-order chi connectivity index (χ1) is 12.9. The van der Waals surface area contributed by atoms with E-state index in [9.17, 15) is 4.79 Å². The Morgan fingerprint density at radius 2 is 1.89 bits per heavy atom. The molecule has 6 heteroatoms. The zero-order valence-corrected chi connectivity index (χ0v) is 16.9. The van der Waals surface area contributed by atoms with Gasteiger partial charge in [0, 0.05) is 28.9 Å². The van der Waals surface area contributed by atoms with Crippen LogP contribution in [-0.4, -0.2) is 29.2 Å². The van der Waals surface area contributed by atoms with Crippen LogP contribution < -0.4 is 0 Å². The van der Waals surface area contributed by atoms with Crippen molar-refractivity contribution >= 4 is 34.8 Å². The summed E-state index contributed by atoms with van der Waals surface area (Å²) in [6, 6.07) is 15.1. The third-order valence-corrected chi connectivity index (χ3v) is 5.08. The van der Waals surface area contributed by atoms with Gasteiger partial charge in [0.2, 0.25) is 5.91 Å². The highest BCUT2D eigenvalue weighted by Gasteiger charge is 2.28. The minimum Gasteiger partial charge on any atom is -0.390 e. The molecular weight excluding hydrogens is 383 g/mol. The molecular formula is C21H22Cl2N2O2. The summed E-state index contributed by atoms with van der Waals surface area (Å²) in [6.45, 7) is 4.70. The van der Waals surface area contributed by atoms with E-state index in [0.717, 1.165) is 16.8 Å². The van der Waals surface area contributed by atoms with Crippen molar-refractivity contribution in [3.05, 3.63) is 69.7 Å². The van der Waals surface area contributed by atoms with Crippen molar-refractivity contribution in [2.45, 2.75) is 32.9 Å². The molecule has 1 aliphatic heterocycles.